The Hall–Kier alpha value is -2.80. The number of hydrogen-bond acceptors (Lipinski definition) is 6. The van der Waals surface area contributed by atoms with Gasteiger partial charge in [-0.25, -0.2) is 9.67 Å². The smallest absolute Gasteiger partial charge is 0.165 e. The maximum Gasteiger partial charge on any atom is 0.165 e. The molecule has 0 aliphatic heterocycles. The van der Waals surface area contributed by atoms with Crippen molar-refractivity contribution in [2.45, 2.75) is 19.6 Å². The summed E-state index contributed by atoms with van der Waals surface area (Å²) in [5, 5.41) is 15.3. The second-order valence-corrected chi connectivity index (χ2v) is 5.76. The lowest BCUT2D eigenvalue weighted by Gasteiger charge is -2.11. The highest BCUT2D eigenvalue weighted by Crippen LogP contribution is 2.08. The molecule has 7 heteroatoms. The van der Waals surface area contributed by atoms with E-state index in [1.807, 2.05) is 54.1 Å². The summed E-state index contributed by atoms with van der Waals surface area (Å²) in [6, 6.07) is 14.2. The topological polar surface area (TPSA) is 71.8 Å². The molecule has 0 aliphatic rings. The van der Waals surface area contributed by atoms with Gasteiger partial charge in [-0.1, -0.05) is 36.4 Å². The van der Waals surface area contributed by atoms with Gasteiger partial charge in [0.05, 0.1) is 13.1 Å². The number of anilines is 1. The monoisotopic (exact) mass is 323 g/mol. The van der Waals surface area contributed by atoms with Crippen molar-refractivity contribution < 1.29 is 0 Å². The average molecular weight is 323 g/mol. The summed E-state index contributed by atoms with van der Waals surface area (Å²) in [6.07, 6.45) is 1.88. The molecule has 0 bridgehead atoms. The van der Waals surface area contributed by atoms with Gasteiger partial charge in [-0.05, 0) is 27.6 Å². The molecule has 0 radical (unpaired) electrons. The van der Waals surface area contributed by atoms with Crippen LogP contribution in [0.3, 0.4) is 0 Å². The molecule has 1 aromatic carbocycles. The van der Waals surface area contributed by atoms with E-state index < -0.39 is 0 Å². The Kier molecular flexibility index (Phi) is 5.12. The SMILES string of the molecule is CN(C)c1ccc(CNCc2nnnn2Cc2ccccc2)cn1. The summed E-state index contributed by atoms with van der Waals surface area (Å²) in [7, 11) is 3.96. The van der Waals surface area contributed by atoms with Crippen LogP contribution < -0.4 is 10.2 Å². The molecule has 2 heterocycles. The van der Waals surface area contributed by atoms with Crippen molar-refractivity contribution in [3.63, 3.8) is 0 Å². The van der Waals surface area contributed by atoms with Crippen molar-refractivity contribution in [2.75, 3.05) is 19.0 Å². The lowest BCUT2D eigenvalue weighted by Crippen LogP contribution is -2.18. The molecule has 0 atom stereocenters. The molecule has 0 spiro atoms. The summed E-state index contributed by atoms with van der Waals surface area (Å²) in [6.45, 7) is 2.00. The first kappa shape index (κ1) is 16.1. The highest BCUT2D eigenvalue weighted by molar-refractivity contribution is 5.37. The average Bonchev–Trinajstić information content (AvgIpc) is 3.03. The molecule has 2 aromatic heterocycles. The fourth-order valence-electron chi connectivity index (χ4n) is 2.33. The van der Waals surface area contributed by atoms with Crippen LogP contribution in [0.25, 0.3) is 0 Å². The van der Waals surface area contributed by atoms with Crippen LogP contribution in [0, 0.1) is 0 Å². The van der Waals surface area contributed by atoms with E-state index in [2.05, 4.69) is 44.0 Å². The van der Waals surface area contributed by atoms with E-state index in [0.717, 1.165) is 23.8 Å². The van der Waals surface area contributed by atoms with Gasteiger partial charge < -0.3 is 10.2 Å². The second kappa shape index (κ2) is 7.65. The van der Waals surface area contributed by atoms with Crippen molar-refractivity contribution in [3.05, 3.63) is 65.6 Å². The van der Waals surface area contributed by atoms with Gasteiger partial charge >= 0.3 is 0 Å². The van der Waals surface area contributed by atoms with Crippen molar-refractivity contribution in [1.29, 1.82) is 0 Å². The summed E-state index contributed by atoms with van der Waals surface area (Å²) < 4.78 is 1.82. The fraction of sp³-hybridized carbons (Fsp3) is 0.294. The van der Waals surface area contributed by atoms with Crippen molar-refractivity contribution in [3.8, 4) is 0 Å². The highest BCUT2D eigenvalue weighted by atomic mass is 15.5. The number of benzene rings is 1. The van der Waals surface area contributed by atoms with Crippen molar-refractivity contribution in [1.82, 2.24) is 30.5 Å². The van der Waals surface area contributed by atoms with Crippen LogP contribution >= 0.6 is 0 Å². The van der Waals surface area contributed by atoms with Gasteiger partial charge in [-0.15, -0.1) is 5.10 Å². The van der Waals surface area contributed by atoms with Crippen molar-refractivity contribution >= 4 is 5.82 Å². The first-order valence-electron chi connectivity index (χ1n) is 7.84. The van der Waals surface area contributed by atoms with Gasteiger partial charge in [0.1, 0.15) is 5.82 Å². The zero-order valence-electron chi connectivity index (χ0n) is 13.9. The van der Waals surface area contributed by atoms with Gasteiger partial charge in [0.25, 0.3) is 0 Å². The fourth-order valence-corrected chi connectivity index (χ4v) is 2.33. The van der Waals surface area contributed by atoms with E-state index in [1.165, 1.54) is 5.56 Å². The van der Waals surface area contributed by atoms with Crippen LogP contribution in [0.5, 0.6) is 0 Å². The molecule has 7 nitrogen and oxygen atoms in total. The number of hydrogen-bond donors (Lipinski definition) is 1. The van der Waals surface area contributed by atoms with Gasteiger partial charge in [0.15, 0.2) is 5.82 Å². The van der Waals surface area contributed by atoms with E-state index in [9.17, 15) is 0 Å². The maximum absolute atomic E-state index is 4.41. The van der Waals surface area contributed by atoms with Crippen LogP contribution in [-0.2, 0) is 19.6 Å². The Balaban J connectivity index is 1.55. The molecular formula is C17H21N7. The normalized spacial score (nSPS) is 10.8. The molecular weight excluding hydrogens is 302 g/mol. The molecule has 3 aromatic rings. The molecule has 0 saturated carbocycles. The summed E-state index contributed by atoms with van der Waals surface area (Å²) >= 11 is 0. The summed E-state index contributed by atoms with van der Waals surface area (Å²) in [5.41, 5.74) is 2.30. The maximum atomic E-state index is 4.41. The Bertz CT molecular complexity index is 750. The summed E-state index contributed by atoms with van der Waals surface area (Å²) in [5.74, 6) is 1.77. The minimum atomic E-state index is 0.606. The zero-order valence-corrected chi connectivity index (χ0v) is 13.9. The highest BCUT2D eigenvalue weighted by Gasteiger charge is 2.06. The van der Waals surface area contributed by atoms with Gasteiger partial charge in [0.2, 0.25) is 0 Å². The minimum absolute atomic E-state index is 0.606. The largest absolute Gasteiger partial charge is 0.363 e. The lowest BCUT2D eigenvalue weighted by molar-refractivity contribution is 0.579. The second-order valence-electron chi connectivity index (χ2n) is 5.76. The van der Waals surface area contributed by atoms with E-state index in [-0.39, 0.29) is 0 Å². The molecule has 24 heavy (non-hydrogen) atoms. The first-order chi connectivity index (χ1) is 11.7. The molecule has 3 rings (SSSR count). The number of aromatic nitrogens is 5. The van der Waals surface area contributed by atoms with Crippen LogP contribution in [0.4, 0.5) is 5.82 Å². The first-order valence-corrected chi connectivity index (χ1v) is 7.84. The Morgan fingerprint density at radius 3 is 2.54 bits per heavy atom. The minimum Gasteiger partial charge on any atom is -0.363 e. The molecule has 1 N–H and O–H groups in total. The molecule has 0 unspecified atom stereocenters. The third kappa shape index (κ3) is 4.14. The van der Waals surface area contributed by atoms with E-state index in [1.54, 1.807) is 0 Å². The van der Waals surface area contributed by atoms with Gasteiger partial charge in [-0.2, -0.15) is 0 Å². The molecule has 0 fully saturated rings. The molecule has 124 valence electrons. The number of nitrogens with one attached hydrogen (secondary N) is 1. The third-order valence-electron chi connectivity index (χ3n) is 3.66. The number of pyridine rings is 1. The molecule has 0 saturated heterocycles. The Morgan fingerprint density at radius 1 is 1.00 bits per heavy atom. The Morgan fingerprint density at radius 2 is 1.83 bits per heavy atom. The Labute approximate surface area is 141 Å². The predicted molar refractivity (Wildman–Crippen MR) is 92.5 cm³/mol. The van der Waals surface area contributed by atoms with E-state index >= 15 is 0 Å². The molecule has 0 aliphatic carbocycles. The van der Waals surface area contributed by atoms with E-state index in [0.29, 0.717) is 13.1 Å². The van der Waals surface area contributed by atoms with Crippen LogP contribution in [0.15, 0.2) is 48.7 Å². The van der Waals surface area contributed by atoms with Crippen LogP contribution in [0.2, 0.25) is 0 Å². The zero-order chi connectivity index (χ0) is 16.8. The summed E-state index contributed by atoms with van der Waals surface area (Å²) in [4.78, 5) is 6.39. The number of nitrogens with zero attached hydrogens (tertiary/aromatic N) is 6. The van der Waals surface area contributed by atoms with E-state index in [4.69, 9.17) is 0 Å². The number of rotatable bonds is 7. The predicted octanol–water partition coefficient (Wildman–Crippen LogP) is 1.47. The van der Waals surface area contributed by atoms with Crippen LogP contribution in [-0.4, -0.2) is 39.3 Å². The van der Waals surface area contributed by atoms with Crippen molar-refractivity contribution in [2.24, 2.45) is 0 Å². The number of tetrazole rings is 1. The van der Waals surface area contributed by atoms with Gasteiger partial charge in [0, 0.05) is 26.8 Å². The molecule has 0 amide bonds. The quantitative estimate of drug-likeness (QED) is 0.710. The lowest BCUT2D eigenvalue weighted by atomic mass is 10.2. The van der Waals surface area contributed by atoms with Crippen LogP contribution in [0.1, 0.15) is 17.0 Å². The van der Waals surface area contributed by atoms with Gasteiger partial charge in [-0.3, -0.25) is 0 Å². The standard InChI is InChI=1S/C17H21N7/c1-23(2)16-9-8-15(11-19-16)10-18-12-17-20-21-22-24(17)13-14-6-4-3-5-7-14/h3-9,11,18H,10,12-13H2,1-2H3. The third-order valence-corrected chi connectivity index (χ3v) is 3.66.